The van der Waals surface area contributed by atoms with Gasteiger partial charge in [0.25, 0.3) is 0 Å². The minimum absolute atomic E-state index is 0. The van der Waals surface area contributed by atoms with Gasteiger partial charge in [-0.1, -0.05) is 11.6 Å². The molecule has 0 heterocycles. The van der Waals surface area contributed by atoms with Crippen LogP contribution in [0.25, 0.3) is 0 Å². The number of hydrogen-bond acceptors (Lipinski definition) is 0. The van der Waals surface area contributed by atoms with Gasteiger partial charge >= 0.3 is 24.4 Å². The van der Waals surface area contributed by atoms with Crippen molar-refractivity contribution < 1.29 is 28.2 Å². The van der Waals surface area contributed by atoms with Crippen LogP contribution in [0.4, 0.5) is 28.2 Å². The van der Waals surface area contributed by atoms with Gasteiger partial charge in [0.05, 0.1) is 0 Å². The Balaban J connectivity index is -0.00000000381. The summed E-state index contributed by atoms with van der Waals surface area (Å²) in [4.78, 5) is 0. The molecule has 0 aliphatic rings. The Morgan fingerprint density at radius 1 is 0.750 bits per heavy atom. The summed E-state index contributed by atoms with van der Waals surface area (Å²) in [5, 5.41) is 0. The van der Waals surface area contributed by atoms with Crippen LogP contribution in [-0.2, 0) is 0 Å². The first-order chi connectivity index (χ1) is 2.27. The summed E-state index contributed by atoms with van der Waals surface area (Å²) in [5.41, 5.74) is 1.38. The average molecular weight is 315 g/mol. The van der Waals surface area contributed by atoms with Gasteiger partial charge in [0.2, 0.25) is 0 Å². The van der Waals surface area contributed by atoms with E-state index in [2.05, 4.69) is 19.9 Å². The Hall–Kier alpha value is 0.138. The summed E-state index contributed by atoms with van der Waals surface area (Å²) >= 11 is 0. The normalized spacial score (nSPS) is 2.92. The maximum atomic E-state index is 2.08. The van der Waals surface area contributed by atoms with Crippen molar-refractivity contribution in [2.24, 2.45) is 0 Å². The predicted molar refractivity (Wildman–Crippen MR) is 50.1 cm³/mol. The molecule has 0 fully saturated rings. The number of allylic oxidation sites excluding steroid dienone is 2. The first-order valence-electron chi connectivity index (χ1n) is 1.87. The van der Waals surface area contributed by atoms with Crippen LogP contribution in [0.5, 0.6) is 0 Å². The van der Waals surface area contributed by atoms with Crippen molar-refractivity contribution in [3.8, 4) is 0 Å². The van der Waals surface area contributed by atoms with E-state index in [1.54, 1.807) is 0 Å². The van der Waals surface area contributed by atoms with Crippen LogP contribution in [0.3, 0.4) is 0 Å². The van der Waals surface area contributed by atoms with E-state index in [-0.39, 0.29) is 52.7 Å². The molecule has 0 aliphatic carbocycles. The Labute approximate surface area is 85.5 Å². The summed E-state index contributed by atoms with van der Waals surface area (Å²) in [6.45, 7) is 6.20. The van der Waals surface area contributed by atoms with E-state index >= 15 is 0 Å². The monoisotopic (exact) mass is 314 g/mol. The molecule has 0 rings (SSSR count). The Morgan fingerprint density at radius 3 is 0.833 bits per heavy atom. The molecule has 0 saturated carbocycles. The van der Waals surface area contributed by atoms with Gasteiger partial charge in [-0.2, -0.15) is 0 Å². The van der Waals surface area contributed by atoms with Crippen molar-refractivity contribution in [2.45, 2.75) is 20.8 Å². The van der Waals surface area contributed by atoms with Crippen molar-refractivity contribution in [3.63, 3.8) is 0 Å². The second kappa shape index (κ2) is 66.9. The van der Waals surface area contributed by atoms with Crippen LogP contribution in [0.2, 0.25) is 0 Å². The van der Waals surface area contributed by atoms with E-state index in [9.17, 15) is 0 Å². The van der Waals surface area contributed by atoms with Gasteiger partial charge in [0, 0.05) is 0 Å². The zero-order chi connectivity index (χ0) is 4.28. The van der Waals surface area contributed by atoms with Crippen molar-refractivity contribution in [1.82, 2.24) is 0 Å². The van der Waals surface area contributed by atoms with Crippen LogP contribution in [0.15, 0.2) is 11.6 Å². The van der Waals surface area contributed by atoms with Crippen LogP contribution in [-0.4, -0.2) is 24.4 Å². The van der Waals surface area contributed by atoms with Gasteiger partial charge in [-0.25, -0.2) is 0 Å². The van der Waals surface area contributed by atoms with Gasteiger partial charge in [0.15, 0.2) is 0 Å². The molecule has 0 aromatic carbocycles. The standard InChI is InChI=1S/C5H10.6FH.Sb.3H/c1-4-5(2)3;;;;;;;;;;/h4H,1-3H3;6*1H;;;;. The topological polar surface area (TPSA) is 0 Å². The number of halogens is 6. The molecule has 7 heteroatoms. The third-order valence-corrected chi connectivity index (χ3v) is 0.577. The fourth-order valence-corrected chi connectivity index (χ4v) is 0. The summed E-state index contributed by atoms with van der Waals surface area (Å²) in [6.07, 6.45) is 2.08. The summed E-state index contributed by atoms with van der Waals surface area (Å²) in [7, 11) is 0. The molecule has 86 valence electrons. The molecule has 0 saturated heterocycles. The molecule has 0 aromatic heterocycles. The first-order valence-corrected chi connectivity index (χ1v) is 1.87. The van der Waals surface area contributed by atoms with E-state index in [0.717, 1.165) is 0 Å². The third kappa shape index (κ3) is 185. The molecule has 0 unspecified atom stereocenters. The van der Waals surface area contributed by atoms with Gasteiger partial charge < -0.3 is 0 Å². The molecule has 0 N–H and O–H groups in total. The molecule has 0 nitrogen and oxygen atoms in total. The molecule has 12 heavy (non-hydrogen) atoms. The van der Waals surface area contributed by atoms with E-state index in [1.165, 1.54) is 5.57 Å². The zero-order valence-corrected chi connectivity index (χ0v) is 11.3. The van der Waals surface area contributed by atoms with Crippen LogP contribution >= 0.6 is 0 Å². The quantitative estimate of drug-likeness (QED) is 0.363. The second-order valence-corrected chi connectivity index (χ2v) is 1.37. The molecule has 0 spiro atoms. The molecule has 0 amide bonds. The van der Waals surface area contributed by atoms with Gasteiger partial charge in [-0.15, -0.1) is 0 Å². The molecule has 0 atom stereocenters. The van der Waals surface area contributed by atoms with Crippen LogP contribution in [0.1, 0.15) is 20.8 Å². The first kappa shape index (κ1) is 87.9. The number of hydrogen-bond donors (Lipinski definition) is 0. The minimum atomic E-state index is 0. The zero-order valence-electron chi connectivity index (χ0n) is 7.23. The predicted octanol–water partition coefficient (Wildman–Crippen LogP) is 1.70. The van der Waals surface area contributed by atoms with E-state index < -0.39 is 0 Å². The third-order valence-electron chi connectivity index (χ3n) is 0.577. The summed E-state index contributed by atoms with van der Waals surface area (Å²) in [6, 6.07) is 0. The fourth-order valence-electron chi connectivity index (χ4n) is 0. The molecule has 0 aliphatic heterocycles. The van der Waals surface area contributed by atoms with E-state index in [0.29, 0.717) is 0 Å². The Kier molecular flexibility index (Phi) is 490. The molecule has 0 aromatic rings. The summed E-state index contributed by atoms with van der Waals surface area (Å²) in [5.74, 6) is 0. The van der Waals surface area contributed by atoms with Crippen molar-refractivity contribution in [1.29, 1.82) is 0 Å². The maximum absolute atomic E-state index is 2.08. The van der Waals surface area contributed by atoms with Crippen LogP contribution in [0, 0.1) is 0 Å². The van der Waals surface area contributed by atoms with E-state index in [4.69, 9.17) is 0 Å². The fraction of sp³-hybridized carbons (Fsp3) is 0.600. The van der Waals surface area contributed by atoms with Crippen LogP contribution < -0.4 is 0 Å². The molecular formula is C5H19F6Sb. The summed E-state index contributed by atoms with van der Waals surface area (Å²) < 4.78 is 0. The van der Waals surface area contributed by atoms with E-state index in [1.807, 2.05) is 6.92 Å². The Morgan fingerprint density at radius 2 is 0.833 bits per heavy atom. The number of rotatable bonds is 0. The molecule has 0 bridgehead atoms. The van der Waals surface area contributed by atoms with Crippen molar-refractivity contribution >= 4 is 24.4 Å². The second-order valence-electron chi connectivity index (χ2n) is 1.37. The van der Waals surface area contributed by atoms with Crippen molar-refractivity contribution in [2.75, 3.05) is 0 Å². The SMILES string of the molecule is CC=C(C)C.F.F.F.F.F.F.[SbH3]. The molecular weight excluding hydrogens is 296 g/mol. The van der Waals surface area contributed by atoms with Gasteiger partial charge in [-0.05, 0) is 20.8 Å². The van der Waals surface area contributed by atoms with Gasteiger partial charge in [0.1, 0.15) is 0 Å². The average Bonchev–Trinajstić information content (AvgIpc) is 1.38. The Bertz CT molecular complexity index is 53.9. The van der Waals surface area contributed by atoms with Crippen molar-refractivity contribution in [3.05, 3.63) is 11.6 Å². The molecule has 0 radical (unpaired) electrons. The van der Waals surface area contributed by atoms with Gasteiger partial charge in [-0.3, -0.25) is 28.2 Å².